The van der Waals surface area contributed by atoms with Crippen molar-refractivity contribution < 1.29 is 24.5 Å². The lowest BCUT2D eigenvalue weighted by atomic mass is 10.0. The SMILES string of the molecule is CCCCCCCCC/C=C\CCCCCCCCCC(=O)OCCCCCCCCCC/C=C\CCCCCCCCCC(=O)NC(CO)C(O)/C=C/CCCCCCCCCCCCCCCCCC. The number of aliphatic hydroxyl groups excluding tert-OH is 2. The summed E-state index contributed by atoms with van der Waals surface area (Å²) < 4.78 is 5.49. The van der Waals surface area contributed by atoms with Crippen LogP contribution >= 0.6 is 0 Å². The van der Waals surface area contributed by atoms with Crippen molar-refractivity contribution in [2.24, 2.45) is 0 Å². The van der Waals surface area contributed by atoms with E-state index in [-0.39, 0.29) is 18.5 Å². The van der Waals surface area contributed by atoms with E-state index in [1.165, 1.54) is 270 Å². The van der Waals surface area contributed by atoms with Crippen LogP contribution in [0.3, 0.4) is 0 Å². The highest BCUT2D eigenvalue weighted by molar-refractivity contribution is 5.76. The number of esters is 1. The molecule has 424 valence electrons. The van der Waals surface area contributed by atoms with Crippen LogP contribution in [0.15, 0.2) is 36.5 Å². The topological polar surface area (TPSA) is 95.9 Å². The second-order valence-corrected chi connectivity index (χ2v) is 22.1. The second-order valence-electron chi connectivity index (χ2n) is 22.1. The molecule has 0 aliphatic carbocycles. The number of allylic oxidation sites excluding steroid dienone is 5. The number of rotatable bonds is 60. The molecule has 0 aromatic carbocycles. The zero-order valence-electron chi connectivity index (χ0n) is 48.4. The van der Waals surface area contributed by atoms with Gasteiger partial charge in [0.2, 0.25) is 5.91 Å². The van der Waals surface area contributed by atoms with Crippen molar-refractivity contribution in [3.05, 3.63) is 36.5 Å². The third kappa shape index (κ3) is 57.4. The maximum Gasteiger partial charge on any atom is 0.305 e. The van der Waals surface area contributed by atoms with Gasteiger partial charge in [0.05, 0.1) is 25.4 Å². The normalized spacial score (nSPS) is 12.8. The molecule has 0 aliphatic heterocycles. The number of amides is 1. The van der Waals surface area contributed by atoms with Gasteiger partial charge in [0, 0.05) is 12.8 Å². The van der Waals surface area contributed by atoms with Crippen LogP contribution in [0, 0.1) is 0 Å². The average Bonchev–Trinajstić information content (AvgIpc) is 3.38. The summed E-state index contributed by atoms with van der Waals surface area (Å²) in [5.74, 6) is -0.0750. The van der Waals surface area contributed by atoms with Gasteiger partial charge in [0.25, 0.3) is 0 Å². The molecule has 0 aromatic heterocycles. The van der Waals surface area contributed by atoms with Crippen molar-refractivity contribution in [3.63, 3.8) is 0 Å². The molecule has 2 atom stereocenters. The number of unbranched alkanes of at least 4 members (excludes halogenated alkanes) is 45. The first-order valence-electron chi connectivity index (χ1n) is 32.3. The summed E-state index contributed by atoms with van der Waals surface area (Å²) in [5.41, 5.74) is 0. The third-order valence-corrected chi connectivity index (χ3v) is 14.9. The quantitative estimate of drug-likeness (QED) is 0.0320. The molecule has 0 radical (unpaired) electrons. The number of carbonyl (C=O) groups excluding carboxylic acids is 2. The Bertz CT molecular complexity index is 1170. The van der Waals surface area contributed by atoms with Crippen molar-refractivity contribution in [2.75, 3.05) is 13.2 Å². The molecule has 72 heavy (non-hydrogen) atoms. The summed E-state index contributed by atoms with van der Waals surface area (Å²) >= 11 is 0. The molecule has 0 heterocycles. The highest BCUT2D eigenvalue weighted by atomic mass is 16.5. The second kappa shape index (κ2) is 61.6. The van der Waals surface area contributed by atoms with Crippen LogP contribution in [0.2, 0.25) is 0 Å². The number of aliphatic hydroxyl groups is 2. The Labute approximate surface area is 449 Å². The van der Waals surface area contributed by atoms with Crippen LogP contribution < -0.4 is 5.32 Å². The summed E-state index contributed by atoms with van der Waals surface area (Å²) in [5, 5.41) is 23.2. The standard InChI is InChI=1S/C66H125NO5/c1-3-5-7-9-11-13-15-17-19-21-26-30-34-38-42-46-50-54-58-64(69)63(62-68)67-65(70)59-55-51-47-43-39-35-31-27-24-23-25-29-33-37-41-45-49-53-57-61-72-66(71)60-56-52-48-44-40-36-32-28-22-20-18-16-14-12-10-8-6-4-2/h20,22-24,54,58,63-64,68-69H,3-19,21,25-53,55-57,59-62H2,1-2H3,(H,67,70)/b22-20-,24-23-,58-54+. The molecule has 2 unspecified atom stereocenters. The molecule has 6 nitrogen and oxygen atoms in total. The smallest absolute Gasteiger partial charge is 0.305 e. The number of hydrogen-bond donors (Lipinski definition) is 3. The van der Waals surface area contributed by atoms with E-state index < -0.39 is 12.1 Å². The van der Waals surface area contributed by atoms with Crippen molar-refractivity contribution in [3.8, 4) is 0 Å². The Balaban J connectivity index is 3.46. The summed E-state index contributed by atoms with van der Waals surface area (Å²) in [7, 11) is 0. The van der Waals surface area contributed by atoms with Crippen LogP contribution in [-0.4, -0.2) is 47.4 Å². The van der Waals surface area contributed by atoms with E-state index in [1.54, 1.807) is 6.08 Å². The van der Waals surface area contributed by atoms with Crippen LogP contribution in [0.1, 0.15) is 348 Å². The Hall–Kier alpha value is -1.92. The zero-order valence-corrected chi connectivity index (χ0v) is 48.4. The van der Waals surface area contributed by atoms with Gasteiger partial charge in [-0.25, -0.2) is 0 Å². The minimum Gasteiger partial charge on any atom is -0.466 e. The molecule has 0 saturated carbocycles. The molecular formula is C66H125NO5. The van der Waals surface area contributed by atoms with Crippen LogP contribution in [0.25, 0.3) is 0 Å². The minimum absolute atomic E-state index is 0.000572. The van der Waals surface area contributed by atoms with Crippen molar-refractivity contribution in [1.29, 1.82) is 0 Å². The molecule has 0 rings (SSSR count). The maximum atomic E-state index is 12.5. The van der Waals surface area contributed by atoms with Gasteiger partial charge >= 0.3 is 5.97 Å². The minimum atomic E-state index is -0.852. The van der Waals surface area contributed by atoms with E-state index in [4.69, 9.17) is 4.74 Å². The summed E-state index contributed by atoms with van der Waals surface area (Å²) in [6.07, 6.45) is 77.6. The number of ether oxygens (including phenoxy) is 1. The first-order chi connectivity index (χ1) is 35.5. The molecule has 0 aliphatic rings. The van der Waals surface area contributed by atoms with Crippen LogP contribution in [0.5, 0.6) is 0 Å². The number of carbonyl (C=O) groups is 2. The Morgan fingerprint density at radius 3 is 0.986 bits per heavy atom. The fourth-order valence-corrected chi connectivity index (χ4v) is 9.92. The van der Waals surface area contributed by atoms with Crippen molar-refractivity contribution >= 4 is 11.9 Å². The number of nitrogens with one attached hydrogen (secondary N) is 1. The van der Waals surface area contributed by atoms with Gasteiger partial charge in [-0.1, -0.05) is 288 Å². The molecule has 6 heteroatoms. The highest BCUT2D eigenvalue weighted by Crippen LogP contribution is 2.17. The first-order valence-corrected chi connectivity index (χ1v) is 32.3. The number of hydrogen-bond acceptors (Lipinski definition) is 5. The molecule has 0 aromatic rings. The average molecular weight is 1010 g/mol. The Morgan fingerprint density at radius 2 is 0.653 bits per heavy atom. The third-order valence-electron chi connectivity index (χ3n) is 14.9. The van der Waals surface area contributed by atoms with Crippen molar-refractivity contribution in [2.45, 2.75) is 360 Å². The fraction of sp³-hybridized carbons (Fsp3) is 0.879. The summed E-state index contributed by atoms with van der Waals surface area (Å²) in [4.78, 5) is 24.6. The molecule has 1 amide bonds. The van der Waals surface area contributed by atoms with E-state index in [9.17, 15) is 19.8 Å². The molecule has 0 bridgehead atoms. The van der Waals surface area contributed by atoms with E-state index in [0.29, 0.717) is 19.4 Å². The molecule has 0 fully saturated rings. The lowest BCUT2D eigenvalue weighted by Gasteiger charge is -2.20. The van der Waals surface area contributed by atoms with Gasteiger partial charge in [-0.15, -0.1) is 0 Å². The van der Waals surface area contributed by atoms with Gasteiger partial charge in [0.15, 0.2) is 0 Å². The summed E-state index contributed by atoms with van der Waals surface area (Å²) in [6.45, 7) is 4.91. The molecule has 0 spiro atoms. The monoisotopic (exact) mass is 1010 g/mol. The lowest BCUT2D eigenvalue weighted by molar-refractivity contribution is -0.143. The van der Waals surface area contributed by atoms with Crippen LogP contribution in [-0.2, 0) is 14.3 Å². The Kier molecular flexibility index (Phi) is 60.0. The van der Waals surface area contributed by atoms with Gasteiger partial charge in [0.1, 0.15) is 0 Å². The highest BCUT2D eigenvalue weighted by Gasteiger charge is 2.18. The maximum absolute atomic E-state index is 12.5. The predicted molar refractivity (Wildman–Crippen MR) is 315 cm³/mol. The van der Waals surface area contributed by atoms with E-state index in [0.717, 1.165) is 51.4 Å². The lowest BCUT2D eigenvalue weighted by Crippen LogP contribution is -2.45. The van der Waals surface area contributed by atoms with E-state index >= 15 is 0 Å². The van der Waals surface area contributed by atoms with Crippen LogP contribution in [0.4, 0.5) is 0 Å². The first kappa shape index (κ1) is 70.1. The van der Waals surface area contributed by atoms with E-state index in [2.05, 4.69) is 43.5 Å². The molecular weight excluding hydrogens is 887 g/mol. The largest absolute Gasteiger partial charge is 0.466 e. The Morgan fingerprint density at radius 1 is 0.375 bits per heavy atom. The van der Waals surface area contributed by atoms with Gasteiger partial charge in [-0.05, 0) is 83.5 Å². The van der Waals surface area contributed by atoms with E-state index in [1.807, 2.05) is 6.08 Å². The predicted octanol–water partition coefficient (Wildman–Crippen LogP) is 20.4. The fourth-order valence-electron chi connectivity index (χ4n) is 9.92. The molecule has 3 N–H and O–H groups in total. The molecule has 0 saturated heterocycles. The van der Waals surface area contributed by atoms with Gasteiger partial charge in [-0.2, -0.15) is 0 Å². The zero-order chi connectivity index (χ0) is 52.2. The summed E-state index contributed by atoms with van der Waals surface area (Å²) in [6, 6.07) is -0.636. The van der Waals surface area contributed by atoms with Gasteiger partial charge < -0.3 is 20.3 Å². The van der Waals surface area contributed by atoms with Crippen molar-refractivity contribution in [1.82, 2.24) is 5.32 Å². The van der Waals surface area contributed by atoms with Gasteiger partial charge in [-0.3, -0.25) is 9.59 Å².